The van der Waals surface area contributed by atoms with Gasteiger partial charge in [-0.2, -0.15) is 0 Å². The lowest BCUT2D eigenvalue weighted by atomic mass is 10.0. The van der Waals surface area contributed by atoms with Crippen molar-refractivity contribution in [3.8, 4) is 11.3 Å². The SMILES string of the molecule is O=C(O)Nc1cc(F)c(Cl)cc1NC(=O)CC(=O)c1cccc(-c2ccccn2)c1. The third-order valence-corrected chi connectivity index (χ3v) is 4.33. The van der Waals surface area contributed by atoms with Crippen LogP contribution >= 0.6 is 11.6 Å². The van der Waals surface area contributed by atoms with Crippen LogP contribution in [0.3, 0.4) is 0 Å². The number of pyridine rings is 1. The minimum Gasteiger partial charge on any atom is -0.465 e. The summed E-state index contributed by atoms with van der Waals surface area (Å²) < 4.78 is 13.6. The lowest BCUT2D eigenvalue weighted by Crippen LogP contribution is -2.18. The largest absolute Gasteiger partial charge is 0.465 e. The van der Waals surface area contributed by atoms with E-state index in [0.29, 0.717) is 11.3 Å². The second-order valence-electron chi connectivity index (χ2n) is 6.19. The van der Waals surface area contributed by atoms with E-state index in [1.54, 1.807) is 42.6 Å². The summed E-state index contributed by atoms with van der Waals surface area (Å²) in [5.74, 6) is -2.02. The molecule has 0 saturated carbocycles. The Kier molecular flexibility index (Phi) is 6.38. The number of nitrogens with zero attached hydrogens (tertiary/aromatic N) is 1. The van der Waals surface area contributed by atoms with Crippen molar-refractivity contribution >= 4 is 40.8 Å². The normalized spacial score (nSPS) is 10.3. The number of rotatable bonds is 6. The Hall–Kier alpha value is -3.78. The molecule has 152 valence electrons. The lowest BCUT2D eigenvalue weighted by Gasteiger charge is -2.12. The van der Waals surface area contributed by atoms with Crippen molar-refractivity contribution in [1.29, 1.82) is 0 Å². The maximum Gasteiger partial charge on any atom is 0.409 e. The minimum atomic E-state index is -1.45. The van der Waals surface area contributed by atoms with Gasteiger partial charge in [0, 0.05) is 23.4 Å². The highest BCUT2D eigenvalue weighted by Crippen LogP contribution is 2.29. The van der Waals surface area contributed by atoms with Crippen molar-refractivity contribution in [2.75, 3.05) is 10.6 Å². The number of aromatic nitrogens is 1. The molecule has 0 aliphatic carbocycles. The fourth-order valence-corrected chi connectivity index (χ4v) is 2.86. The predicted molar refractivity (Wildman–Crippen MR) is 110 cm³/mol. The number of amides is 2. The van der Waals surface area contributed by atoms with Crippen LogP contribution in [0.15, 0.2) is 60.8 Å². The molecular formula is C21H15ClFN3O4. The molecule has 0 aliphatic rings. The first-order valence-corrected chi connectivity index (χ1v) is 9.05. The minimum absolute atomic E-state index is 0.0659. The van der Waals surface area contributed by atoms with Gasteiger partial charge in [0.2, 0.25) is 5.91 Å². The highest BCUT2D eigenvalue weighted by Gasteiger charge is 2.17. The maximum atomic E-state index is 13.6. The molecule has 0 aliphatic heterocycles. The van der Waals surface area contributed by atoms with Gasteiger partial charge in [0.1, 0.15) is 5.82 Å². The molecule has 0 unspecified atom stereocenters. The summed E-state index contributed by atoms with van der Waals surface area (Å²) in [6, 6.07) is 14.0. The van der Waals surface area contributed by atoms with Gasteiger partial charge in [-0.15, -0.1) is 0 Å². The van der Waals surface area contributed by atoms with E-state index in [9.17, 15) is 18.8 Å². The van der Waals surface area contributed by atoms with E-state index in [4.69, 9.17) is 16.7 Å². The molecule has 0 spiro atoms. The van der Waals surface area contributed by atoms with Crippen LogP contribution in [0.25, 0.3) is 11.3 Å². The van der Waals surface area contributed by atoms with Crippen molar-refractivity contribution in [1.82, 2.24) is 4.98 Å². The Balaban J connectivity index is 1.75. The number of ketones is 1. The van der Waals surface area contributed by atoms with Gasteiger partial charge in [-0.05, 0) is 24.3 Å². The fraction of sp³-hybridized carbons (Fsp3) is 0.0476. The highest BCUT2D eigenvalue weighted by atomic mass is 35.5. The summed E-state index contributed by atoms with van der Waals surface area (Å²) in [6.07, 6.45) is -0.323. The van der Waals surface area contributed by atoms with E-state index in [0.717, 1.165) is 17.7 Å². The van der Waals surface area contributed by atoms with Crippen molar-refractivity contribution in [3.05, 3.63) is 77.2 Å². The first kappa shape index (κ1) is 20.9. The summed E-state index contributed by atoms with van der Waals surface area (Å²) in [6.45, 7) is 0. The molecule has 0 bridgehead atoms. The Morgan fingerprint density at radius 1 is 1.00 bits per heavy atom. The van der Waals surface area contributed by atoms with Crippen LogP contribution < -0.4 is 10.6 Å². The number of anilines is 2. The topological polar surface area (TPSA) is 108 Å². The third kappa shape index (κ3) is 5.18. The lowest BCUT2D eigenvalue weighted by molar-refractivity contribution is -0.115. The Morgan fingerprint density at radius 3 is 2.47 bits per heavy atom. The van der Waals surface area contributed by atoms with E-state index in [1.807, 2.05) is 11.4 Å². The van der Waals surface area contributed by atoms with Gasteiger partial charge in [-0.1, -0.05) is 35.9 Å². The fourth-order valence-electron chi connectivity index (χ4n) is 2.70. The first-order valence-electron chi connectivity index (χ1n) is 8.67. The van der Waals surface area contributed by atoms with Gasteiger partial charge in [0.05, 0.1) is 28.5 Å². The van der Waals surface area contributed by atoms with Crippen molar-refractivity contribution in [2.45, 2.75) is 6.42 Å². The molecule has 2 aromatic carbocycles. The van der Waals surface area contributed by atoms with Crippen molar-refractivity contribution < 1.29 is 23.9 Å². The summed E-state index contributed by atoms with van der Waals surface area (Å²) in [5, 5.41) is 12.9. The number of carboxylic acid groups (broad SMARTS) is 1. The molecule has 3 rings (SSSR count). The number of hydrogen-bond acceptors (Lipinski definition) is 4. The Labute approximate surface area is 175 Å². The molecular weight excluding hydrogens is 413 g/mol. The van der Waals surface area contributed by atoms with Crippen LogP contribution in [0.5, 0.6) is 0 Å². The number of carbonyl (C=O) groups excluding carboxylic acids is 2. The molecule has 0 radical (unpaired) electrons. The van der Waals surface area contributed by atoms with Crippen LogP contribution in [0.1, 0.15) is 16.8 Å². The molecule has 3 N–H and O–H groups in total. The summed E-state index contributed by atoms with van der Waals surface area (Å²) in [4.78, 5) is 40.0. The molecule has 7 nitrogen and oxygen atoms in total. The van der Waals surface area contributed by atoms with Gasteiger partial charge in [0.15, 0.2) is 5.78 Å². The van der Waals surface area contributed by atoms with Crippen LogP contribution in [-0.2, 0) is 4.79 Å². The zero-order valence-corrected chi connectivity index (χ0v) is 16.1. The molecule has 0 fully saturated rings. The number of Topliss-reactive ketones (excluding diaryl/α,β-unsaturated/α-hetero) is 1. The summed E-state index contributed by atoms with van der Waals surface area (Å²) in [7, 11) is 0. The molecule has 2 amide bonds. The second kappa shape index (κ2) is 9.15. The number of nitrogens with one attached hydrogen (secondary N) is 2. The van der Waals surface area contributed by atoms with Crippen LogP contribution in [0.2, 0.25) is 5.02 Å². The zero-order valence-electron chi connectivity index (χ0n) is 15.4. The maximum absolute atomic E-state index is 13.6. The second-order valence-corrected chi connectivity index (χ2v) is 6.59. The van der Waals surface area contributed by atoms with E-state index >= 15 is 0 Å². The predicted octanol–water partition coefficient (Wildman–Crippen LogP) is 4.84. The number of halogens is 2. The first-order chi connectivity index (χ1) is 14.3. The van der Waals surface area contributed by atoms with Gasteiger partial charge in [0.25, 0.3) is 0 Å². The Morgan fingerprint density at radius 2 is 1.77 bits per heavy atom. The molecule has 3 aromatic rings. The molecule has 1 heterocycles. The smallest absolute Gasteiger partial charge is 0.409 e. The number of benzene rings is 2. The van der Waals surface area contributed by atoms with E-state index in [-0.39, 0.29) is 16.4 Å². The van der Waals surface area contributed by atoms with Crippen LogP contribution in [-0.4, -0.2) is 27.9 Å². The van der Waals surface area contributed by atoms with E-state index in [1.165, 1.54) is 0 Å². The molecule has 0 saturated heterocycles. The average Bonchev–Trinajstić information content (AvgIpc) is 2.72. The van der Waals surface area contributed by atoms with Gasteiger partial charge < -0.3 is 10.4 Å². The third-order valence-electron chi connectivity index (χ3n) is 4.04. The Bertz CT molecular complexity index is 1120. The number of hydrogen-bond donors (Lipinski definition) is 3. The van der Waals surface area contributed by atoms with Gasteiger partial charge in [-0.3, -0.25) is 19.9 Å². The van der Waals surface area contributed by atoms with Crippen LogP contribution in [0, 0.1) is 5.82 Å². The van der Waals surface area contributed by atoms with Crippen LogP contribution in [0.4, 0.5) is 20.6 Å². The molecule has 30 heavy (non-hydrogen) atoms. The molecule has 1 aromatic heterocycles. The molecule has 9 heteroatoms. The quantitative estimate of drug-likeness (QED) is 0.385. The molecule has 0 atom stereocenters. The van der Waals surface area contributed by atoms with Crippen molar-refractivity contribution in [2.24, 2.45) is 0 Å². The highest BCUT2D eigenvalue weighted by molar-refractivity contribution is 6.31. The summed E-state index contributed by atoms with van der Waals surface area (Å²) >= 11 is 5.71. The van der Waals surface area contributed by atoms with E-state index in [2.05, 4.69) is 10.3 Å². The summed E-state index contributed by atoms with van der Waals surface area (Å²) in [5.41, 5.74) is 1.45. The zero-order chi connectivity index (χ0) is 21.7. The van der Waals surface area contributed by atoms with Gasteiger partial charge in [-0.25, -0.2) is 9.18 Å². The number of carbonyl (C=O) groups is 3. The van der Waals surface area contributed by atoms with E-state index < -0.39 is 30.0 Å². The van der Waals surface area contributed by atoms with Gasteiger partial charge >= 0.3 is 6.09 Å². The van der Waals surface area contributed by atoms with Crippen molar-refractivity contribution in [3.63, 3.8) is 0 Å². The standard InChI is InChI=1S/C21H15ClFN3O4/c22-14-9-17(18(10-15(14)23)26-21(29)30)25-20(28)11-19(27)13-5-3-4-12(8-13)16-6-1-2-7-24-16/h1-10,26H,11H2,(H,25,28)(H,29,30). The average molecular weight is 428 g/mol. The monoisotopic (exact) mass is 427 g/mol.